The largest absolute Gasteiger partial charge is 0.449 e. The van der Waals surface area contributed by atoms with Crippen LogP contribution in [-0.4, -0.2) is 18.0 Å². The van der Waals surface area contributed by atoms with Gasteiger partial charge in [0.25, 0.3) is 5.91 Å². The lowest BCUT2D eigenvalue weighted by molar-refractivity contribution is -0.180. The fraction of sp³-hybridized carbons (Fsp3) is 0.578. The van der Waals surface area contributed by atoms with Gasteiger partial charge in [-0.3, -0.25) is 10.1 Å². The molecule has 0 spiro atoms. The molecule has 0 fully saturated rings. The van der Waals surface area contributed by atoms with Gasteiger partial charge in [0.2, 0.25) is 0 Å². The molecule has 0 radical (unpaired) electrons. The quantitative estimate of drug-likeness (QED) is 0.170. The zero-order chi connectivity index (χ0) is 54.9. The molecule has 8 heteroatoms. The maximum atomic E-state index is 12.3. The van der Waals surface area contributed by atoms with E-state index in [1.807, 2.05) is 66.7 Å². The van der Waals surface area contributed by atoms with Crippen molar-refractivity contribution in [2.75, 3.05) is 5.32 Å². The van der Waals surface area contributed by atoms with Crippen LogP contribution in [0.25, 0.3) is 0 Å². The van der Waals surface area contributed by atoms with E-state index in [1.54, 1.807) is 0 Å². The van der Waals surface area contributed by atoms with Crippen LogP contribution in [0, 0.1) is 43.3 Å². The SMILES string of the molecule is CC(C)(C)C1(C(C)(C)C)NC(=O)c2ccccc21.CC(C)(C)C1(C(C)(C)C)OC(=O)Nc2ccccc21.CC(C)(C)C1(C(C)(C)C)OC(=O)c2ccccc21.CC(C)(C)C1(C(C)(C)C)OCc2ccccc21. The summed E-state index contributed by atoms with van der Waals surface area (Å²) in [6.07, 6.45) is -0.372. The molecule has 2 N–H and O–H groups in total. The molecule has 0 unspecified atom stereocenters. The van der Waals surface area contributed by atoms with Crippen molar-refractivity contribution in [2.24, 2.45) is 43.3 Å². The summed E-state index contributed by atoms with van der Waals surface area (Å²) in [6.45, 7) is 53.1. The topological polar surface area (TPSA) is 103 Å². The Bertz CT molecular complexity index is 2480. The van der Waals surface area contributed by atoms with Crippen molar-refractivity contribution < 1.29 is 28.6 Å². The molecule has 72 heavy (non-hydrogen) atoms. The minimum Gasteiger partial charge on any atom is -0.449 e. The van der Waals surface area contributed by atoms with Gasteiger partial charge in [0.1, 0.15) is 11.2 Å². The highest BCUT2D eigenvalue weighted by Crippen LogP contribution is 2.61. The van der Waals surface area contributed by atoms with E-state index in [9.17, 15) is 14.4 Å². The number of carbonyl (C=O) groups is 3. The van der Waals surface area contributed by atoms with Gasteiger partial charge in [0.15, 0.2) is 5.60 Å². The standard InChI is InChI=1S/C16H23NO2.C16H23NO.C16H22O2.C16H24O/c1-14(2,3)16(15(4,5)6)11-9-7-8-10-12(11)17-13(18)19-16;1-14(2,3)16(15(4,5)6)12-10-8-7-9-11(12)13(18)17-16;1-14(2,3)16(15(4,5)6)12-10-8-7-9-11(12)13(17)18-16;1-14(2,3)16(15(4,5)6)13-10-8-7-9-12(13)11-17-16/h7-10H,1-6H3,(H,17,18);7-10H,1-6H3,(H,17,18);7-10H,1-6H3;7-10H,11H2,1-6H3. The van der Waals surface area contributed by atoms with Gasteiger partial charge in [-0.05, 0) is 56.5 Å². The van der Waals surface area contributed by atoms with Crippen LogP contribution in [0.5, 0.6) is 0 Å². The zero-order valence-corrected chi connectivity index (χ0v) is 48.9. The molecule has 0 saturated carbocycles. The summed E-state index contributed by atoms with van der Waals surface area (Å²) in [6, 6.07) is 32.3. The minimum atomic E-state index is -0.654. The summed E-state index contributed by atoms with van der Waals surface area (Å²) in [5.74, 6) is -0.147. The van der Waals surface area contributed by atoms with E-state index >= 15 is 0 Å². The molecule has 8 rings (SSSR count). The molecule has 4 aliphatic heterocycles. The van der Waals surface area contributed by atoms with Crippen LogP contribution in [0.2, 0.25) is 0 Å². The van der Waals surface area contributed by atoms with Crippen LogP contribution in [0.3, 0.4) is 0 Å². The summed E-state index contributed by atoms with van der Waals surface area (Å²) < 4.78 is 18.1. The second-order valence-electron chi connectivity index (χ2n) is 28.7. The smallest absolute Gasteiger partial charge is 0.412 e. The Kier molecular flexibility index (Phi) is 15.1. The number of esters is 1. The normalized spacial score (nSPS) is 18.6. The van der Waals surface area contributed by atoms with E-state index in [1.165, 1.54) is 11.1 Å². The molecule has 8 nitrogen and oxygen atoms in total. The average Bonchev–Trinajstić information content (AvgIpc) is 3.89. The highest BCUT2D eigenvalue weighted by molar-refractivity contribution is 6.00. The summed E-state index contributed by atoms with van der Waals surface area (Å²) in [5, 5.41) is 6.07. The van der Waals surface area contributed by atoms with Crippen LogP contribution in [-0.2, 0) is 43.2 Å². The lowest BCUT2D eigenvalue weighted by Gasteiger charge is -2.54. The summed E-state index contributed by atoms with van der Waals surface area (Å²) in [4.78, 5) is 36.4. The number of rotatable bonds is 0. The average molecular weight is 985 g/mol. The van der Waals surface area contributed by atoms with E-state index in [0.29, 0.717) is 5.56 Å². The summed E-state index contributed by atoms with van der Waals surface area (Å²) >= 11 is 0. The fourth-order valence-electron chi connectivity index (χ4n) is 14.2. The molecule has 0 saturated heterocycles. The van der Waals surface area contributed by atoms with E-state index in [-0.39, 0.29) is 72.4 Å². The maximum Gasteiger partial charge on any atom is 0.412 e. The monoisotopic (exact) mass is 985 g/mol. The number of nitrogens with one attached hydrogen (secondary N) is 2. The van der Waals surface area contributed by atoms with Crippen molar-refractivity contribution in [3.63, 3.8) is 0 Å². The first-order valence-electron chi connectivity index (χ1n) is 26.1. The Labute approximate surface area is 435 Å². The number of hydrogen-bond donors (Lipinski definition) is 2. The van der Waals surface area contributed by atoms with Crippen molar-refractivity contribution in [3.05, 3.63) is 136 Å². The molecule has 0 atom stereocenters. The van der Waals surface area contributed by atoms with Crippen molar-refractivity contribution in [2.45, 2.75) is 195 Å². The third kappa shape index (κ3) is 9.45. The van der Waals surface area contributed by atoms with Gasteiger partial charge < -0.3 is 19.5 Å². The van der Waals surface area contributed by atoms with E-state index < -0.39 is 11.2 Å². The first-order valence-corrected chi connectivity index (χ1v) is 26.1. The predicted molar refractivity (Wildman–Crippen MR) is 296 cm³/mol. The molecule has 4 aromatic carbocycles. The zero-order valence-electron chi connectivity index (χ0n) is 48.9. The third-order valence-electron chi connectivity index (χ3n) is 15.9. The number of anilines is 1. The third-order valence-corrected chi connectivity index (χ3v) is 15.9. The van der Waals surface area contributed by atoms with Crippen molar-refractivity contribution >= 4 is 23.7 Å². The molecule has 4 heterocycles. The molecule has 0 aliphatic carbocycles. The van der Waals surface area contributed by atoms with Crippen molar-refractivity contribution in [1.82, 2.24) is 5.32 Å². The Morgan fingerprint density at radius 1 is 0.389 bits per heavy atom. The Morgan fingerprint density at radius 2 is 0.764 bits per heavy atom. The number of fused-ring (bicyclic) bond motifs is 4. The van der Waals surface area contributed by atoms with Gasteiger partial charge in [-0.1, -0.05) is 245 Å². The van der Waals surface area contributed by atoms with Gasteiger partial charge in [0.05, 0.1) is 23.4 Å². The van der Waals surface area contributed by atoms with Gasteiger partial charge in [0, 0.05) is 38.4 Å². The maximum absolute atomic E-state index is 12.3. The minimum absolute atomic E-state index is 0.0481. The molecular weight excluding hydrogens is 893 g/mol. The van der Waals surface area contributed by atoms with Crippen molar-refractivity contribution in [3.8, 4) is 0 Å². The van der Waals surface area contributed by atoms with Crippen LogP contribution < -0.4 is 10.6 Å². The summed E-state index contributed by atoms with van der Waals surface area (Å²) in [5.41, 5.74) is 5.89. The van der Waals surface area contributed by atoms with Gasteiger partial charge in [-0.15, -0.1) is 0 Å². The van der Waals surface area contributed by atoms with Crippen LogP contribution in [0.15, 0.2) is 97.1 Å². The molecular formula is C64H92N2O6. The fourth-order valence-corrected chi connectivity index (χ4v) is 14.2. The number of carbonyl (C=O) groups excluding carboxylic acids is 3. The number of cyclic esters (lactones) is 2. The van der Waals surface area contributed by atoms with E-state index in [2.05, 4.69) is 207 Å². The van der Waals surface area contributed by atoms with Gasteiger partial charge >= 0.3 is 12.1 Å². The van der Waals surface area contributed by atoms with Crippen LogP contribution in [0.4, 0.5) is 10.5 Å². The Morgan fingerprint density at radius 3 is 1.22 bits per heavy atom. The van der Waals surface area contributed by atoms with Gasteiger partial charge in [-0.2, -0.15) is 0 Å². The molecule has 2 amide bonds. The van der Waals surface area contributed by atoms with E-state index in [0.717, 1.165) is 34.5 Å². The Hall–Kier alpha value is -4.95. The van der Waals surface area contributed by atoms with Crippen LogP contribution in [0.1, 0.15) is 215 Å². The lowest BCUT2D eigenvalue weighted by atomic mass is 9.57. The molecule has 0 aromatic heterocycles. The second-order valence-corrected chi connectivity index (χ2v) is 28.7. The highest BCUT2D eigenvalue weighted by Gasteiger charge is 2.62. The molecule has 394 valence electrons. The first-order chi connectivity index (χ1) is 32.5. The Balaban J connectivity index is 0.000000178. The van der Waals surface area contributed by atoms with E-state index in [4.69, 9.17) is 14.2 Å². The number of amides is 2. The second kappa shape index (κ2) is 18.8. The predicted octanol–water partition coefficient (Wildman–Crippen LogP) is 16.9. The number of ether oxygens (including phenoxy) is 3. The molecule has 4 aromatic rings. The number of hydrogen-bond acceptors (Lipinski definition) is 6. The number of benzene rings is 4. The van der Waals surface area contributed by atoms with Crippen molar-refractivity contribution in [1.29, 1.82) is 0 Å². The molecule has 4 aliphatic rings. The molecule has 0 bridgehead atoms. The first kappa shape index (κ1) is 57.9. The number of para-hydroxylation sites is 1. The highest BCUT2D eigenvalue weighted by atomic mass is 16.6. The lowest BCUT2D eigenvalue weighted by Crippen LogP contribution is -2.58. The van der Waals surface area contributed by atoms with Gasteiger partial charge in [-0.25, -0.2) is 9.59 Å². The van der Waals surface area contributed by atoms with Crippen LogP contribution >= 0.6 is 0 Å². The summed E-state index contributed by atoms with van der Waals surface area (Å²) in [7, 11) is 0.